The van der Waals surface area contributed by atoms with E-state index in [4.69, 9.17) is 9.15 Å². The molecule has 0 spiro atoms. The first-order valence-electron chi connectivity index (χ1n) is 11.0. The Labute approximate surface area is 200 Å². The maximum absolute atomic E-state index is 12.4. The molecule has 0 radical (unpaired) electrons. The summed E-state index contributed by atoms with van der Waals surface area (Å²) in [4.78, 5) is 24.7. The van der Waals surface area contributed by atoms with Crippen LogP contribution in [0, 0.1) is 0 Å². The molecule has 3 aromatic heterocycles. The van der Waals surface area contributed by atoms with Gasteiger partial charge in [-0.05, 0) is 35.0 Å². The number of amides is 1. The zero-order chi connectivity index (χ0) is 24.0. The van der Waals surface area contributed by atoms with E-state index in [1.807, 2.05) is 42.5 Å². The van der Waals surface area contributed by atoms with Gasteiger partial charge in [-0.3, -0.25) is 9.59 Å². The lowest BCUT2D eigenvalue weighted by Gasteiger charge is -2.10. The molecule has 0 atom stereocenters. The normalized spacial score (nSPS) is 10.9. The van der Waals surface area contributed by atoms with E-state index in [1.165, 1.54) is 6.07 Å². The van der Waals surface area contributed by atoms with Crippen molar-refractivity contribution in [1.29, 1.82) is 0 Å². The molecule has 1 amide bonds. The minimum Gasteiger partial charge on any atom is -0.475 e. The molecule has 3 heterocycles. The lowest BCUT2D eigenvalue weighted by Crippen LogP contribution is -2.35. The summed E-state index contributed by atoms with van der Waals surface area (Å²) in [7, 11) is 0. The molecule has 0 aliphatic rings. The predicted molar refractivity (Wildman–Crippen MR) is 130 cm³/mol. The number of nitrogens with one attached hydrogen (secondary N) is 1. The van der Waals surface area contributed by atoms with Crippen molar-refractivity contribution < 1.29 is 13.9 Å². The largest absolute Gasteiger partial charge is 0.475 e. The standard InChI is InChI=1S/C26H21N5O4/c32-24(27-14-16-35-25-12-10-22(28-29-25)23-9-4-15-34-23)17-31-26(33)13-11-21(30-31)20-8-3-6-18-5-1-2-7-19(18)20/h1-13,15H,14,16-17H2,(H,27,32). The van der Waals surface area contributed by atoms with Gasteiger partial charge in [-0.15, -0.1) is 10.2 Å². The fraction of sp³-hybridized carbons (Fsp3) is 0.115. The molecule has 9 nitrogen and oxygen atoms in total. The highest BCUT2D eigenvalue weighted by atomic mass is 16.5. The maximum atomic E-state index is 12.4. The second-order valence-electron chi connectivity index (χ2n) is 7.67. The number of furan rings is 1. The molecule has 0 unspecified atom stereocenters. The molecular weight excluding hydrogens is 446 g/mol. The fourth-order valence-electron chi connectivity index (χ4n) is 3.65. The molecule has 0 saturated carbocycles. The summed E-state index contributed by atoms with van der Waals surface area (Å²) in [5.74, 6) is 0.595. The molecule has 1 N–H and O–H groups in total. The second-order valence-corrected chi connectivity index (χ2v) is 7.67. The number of ether oxygens (including phenoxy) is 1. The number of nitrogens with zero attached hydrogens (tertiary/aromatic N) is 4. The van der Waals surface area contributed by atoms with E-state index in [0.29, 0.717) is 23.0 Å². The van der Waals surface area contributed by atoms with Crippen molar-refractivity contribution in [3.63, 3.8) is 0 Å². The number of benzene rings is 2. The summed E-state index contributed by atoms with van der Waals surface area (Å²) in [5.41, 5.74) is 1.76. The van der Waals surface area contributed by atoms with Gasteiger partial charge in [0.05, 0.1) is 18.5 Å². The van der Waals surface area contributed by atoms with Gasteiger partial charge in [0.1, 0.15) is 18.8 Å². The Balaban J connectivity index is 1.18. The number of aromatic nitrogens is 4. The van der Waals surface area contributed by atoms with Gasteiger partial charge in [0.2, 0.25) is 11.8 Å². The monoisotopic (exact) mass is 467 g/mol. The smallest absolute Gasteiger partial charge is 0.267 e. The van der Waals surface area contributed by atoms with Crippen LogP contribution >= 0.6 is 0 Å². The minimum atomic E-state index is -0.354. The van der Waals surface area contributed by atoms with Crippen LogP contribution in [-0.2, 0) is 11.3 Å². The van der Waals surface area contributed by atoms with Crippen LogP contribution in [0.15, 0.2) is 94.3 Å². The van der Waals surface area contributed by atoms with E-state index >= 15 is 0 Å². The molecule has 0 aliphatic carbocycles. The van der Waals surface area contributed by atoms with E-state index in [9.17, 15) is 9.59 Å². The quantitative estimate of drug-likeness (QED) is 0.349. The zero-order valence-corrected chi connectivity index (χ0v) is 18.6. The van der Waals surface area contributed by atoms with E-state index < -0.39 is 0 Å². The van der Waals surface area contributed by atoms with Gasteiger partial charge in [0, 0.05) is 17.7 Å². The molecule has 5 aromatic rings. The molecule has 0 fully saturated rings. The summed E-state index contributed by atoms with van der Waals surface area (Å²) in [6, 6.07) is 23.9. The first kappa shape index (κ1) is 22.0. The van der Waals surface area contributed by atoms with Crippen molar-refractivity contribution >= 4 is 16.7 Å². The summed E-state index contributed by atoms with van der Waals surface area (Å²) in [5, 5.41) is 17.3. The average molecular weight is 467 g/mol. The Bertz CT molecular complexity index is 1510. The third-order valence-corrected chi connectivity index (χ3v) is 5.31. The van der Waals surface area contributed by atoms with Crippen LogP contribution in [0.5, 0.6) is 5.88 Å². The lowest BCUT2D eigenvalue weighted by molar-refractivity contribution is -0.122. The van der Waals surface area contributed by atoms with Crippen molar-refractivity contribution in [2.45, 2.75) is 6.54 Å². The number of carbonyl (C=O) groups is 1. The van der Waals surface area contributed by atoms with Crippen LogP contribution in [0.1, 0.15) is 0 Å². The first-order valence-corrected chi connectivity index (χ1v) is 11.0. The van der Waals surface area contributed by atoms with Crippen molar-refractivity contribution in [3.05, 3.63) is 95.5 Å². The maximum Gasteiger partial charge on any atom is 0.267 e. The Morgan fingerprint density at radius 3 is 2.60 bits per heavy atom. The lowest BCUT2D eigenvalue weighted by atomic mass is 10.0. The number of fused-ring (bicyclic) bond motifs is 1. The Hall–Kier alpha value is -4.79. The Kier molecular flexibility index (Phi) is 6.29. The topological polar surface area (TPSA) is 112 Å². The molecule has 2 aromatic carbocycles. The molecule has 0 aliphatic heterocycles. The van der Waals surface area contributed by atoms with Crippen molar-refractivity contribution in [2.24, 2.45) is 0 Å². The van der Waals surface area contributed by atoms with Crippen LogP contribution < -0.4 is 15.6 Å². The molecule has 35 heavy (non-hydrogen) atoms. The molecular formula is C26H21N5O4. The summed E-state index contributed by atoms with van der Waals surface area (Å²) in [6.07, 6.45) is 1.56. The van der Waals surface area contributed by atoms with Crippen LogP contribution in [0.4, 0.5) is 0 Å². The number of carbonyl (C=O) groups excluding carboxylic acids is 1. The molecule has 5 rings (SSSR count). The molecule has 0 saturated heterocycles. The molecule has 0 bridgehead atoms. The Morgan fingerprint density at radius 2 is 1.77 bits per heavy atom. The van der Waals surface area contributed by atoms with Gasteiger partial charge < -0.3 is 14.5 Å². The highest BCUT2D eigenvalue weighted by molar-refractivity contribution is 5.95. The molecule has 9 heteroatoms. The summed E-state index contributed by atoms with van der Waals surface area (Å²) < 4.78 is 11.9. The van der Waals surface area contributed by atoms with Crippen LogP contribution in [0.3, 0.4) is 0 Å². The van der Waals surface area contributed by atoms with Gasteiger partial charge in [0.25, 0.3) is 5.56 Å². The van der Waals surface area contributed by atoms with E-state index in [2.05, 4.69) is 20.6 Å². The number of hydrogen-bond donors (Lipinski definition) is 1. The van der Waals surface area contributed by atoms with Gasteiger partial charge in [-0.25, -0.2) is 4.68 Å². The van der Waals surface area contributed by atoms with Crippen molar-refractivity contribution in [2.75, 3.05) is 13.2 Å². The van der Waals surface area contributed by atoms with E-state index in [1.54, 1.807) is 36.6 Å². The van der Waals surface area contributed by atoms with Gasteiger partial charge in [-0.1, -0.05) is 42.5 Å². The SMILES string of the molecule is O=C(Cn1nc(-c2cccc3ccccc23)ccc1=O)NCCOc1ccc(-c2ccco2)nn1. The van der Waals surface area contributed by atoms with Crippen molar-refractivity contribution in [1.82, 2.24) is 25.3 Å². The fourth-order valence-corrected chi connectivity index (χ4v) is 3.65. The zero-order valence-electron chi connectivity index (χ0n) is 18.6. The summed E-state index contributed by atoms with van der Waals surface area (Å²) in [6.45, 7) is 0.228. The molecule has 174 valence electrons. The Morgan fingerprint density at radius 1 is 0.914 bits per heavy atom. The average Bonchev–Trinajstić information content (AvgIpc) is 3.43. The van der Waals surface area contributed by atoms with Crippen LogP contribution in [0.25, 0.3) is 33.5 Å². The van der Waals surface area contributed by atoms with E-state index in [0.717, 1.165) is 21.0 Å². The van der Waals surface area contributed by atoms with Gasteiger partial charge in [0.15, 0.2) is 5.76 Å². The highest BCUT2D eigenvalue weighted by Crippen LogP contribution is 2.26. The van der Waals surface area contributed by atoms with Crippen molar-refractivity contribution in [3.8, 4) is 28.6 Å². The highest BCUT2D eigenvalue weighted by Gasteiger charge is 2.10. The van der Waals surface area contributed by atoms with Gasteiger partial charge in [-0.2, -0.15) is 5.10 Å². The van der Waals surface area contributed by atoms with Crippen LogP contribution in [-0.4, -0.2) is 39.0 Å². The predicted octanol–water partition coefficient (Wildman–Crippen LogP) is 3.31. The summed E-state index contributed by atoms with van der Waals surface area (Å²) >= 11 is 0. The third-order valence-electron chi connectivity index (χ3n) is 5.31. The minimum absolute atomic E-state index is 0.193. The van der Waals surface area contributed by atoms with Gasteiger partial charge >= 0.3 is 0 Å². The van der Waals surface area contributed by atoms with Crippen LogP contribution in [0.2, 0.25) is 0 Å². The first-order chi connectivity index (χ1) is 17.2. The number of hydrogen-bond acceptors (Lipinski definition) is 7. The second kappa shape index (κ2) is 10.0. The third kappa shape index (κ3) is 5.09. The number of rotatable bonds is 8. The van der Waals surface area contributed by atoms with E-state index in [-0.39, 0.29) is 31.2 Å².